The van der Waals surface area contributed by atoms with Crippen molar-refractivity contribution in [1.29, 1.82) is 0 Å². The van der Waals surface area contributed by atoms with E-state index in [2.05, 4.69) is 0 Å². The van der Waals surface area contributed by atoms with Crippen LogP contribution in [-0.2, 0) is 23.7 Å². The lowest BCUT2D eigenvalue weighted by Crippen LogP contribution is -2.63. The monoisotopic (exact) mass is 726 g/mol. The molecule has 280 valence electrons. The Morgan fingerprint density at radius 2 is 1.29 bits per heavy atom. The van der Waals surface area contributed by atoms with Crippen LogP contribution in [0.3, 0.4) is 0 Å². The van der Waals surface area contributed by atoms with Crippen molar-refractivity contribution in [3.8, 4) is 28.6 Å². The van der Waals surface area contributed by atoms with Gasteiger partial charge in [0.25, 0.3) is 0 Å². The minimum absolute atomic E-state index is 0.0173. The van der Waals surface area contributed by atoms with Gasteiger partial charge in [-0.1, -0.05) is 0 Å². The zero-order valence-electron chi connectivity index (χ0n) is 26.4. The van der Waals surface area contributed by atoms with Crippen molar-refractivity contribution in [2.24, 2.45) is 0 Å². The van der Waals surface area contributed by atoms with Crippen LogP contribution in [0.15, 0.2) is 51.7 Å². The van der Waals surface area contributed by atoms with E-state index in [1.54, 1.807) is 0 Å². The molecule has 0 radical (unpaired) electrons. The molecule has 3 saturated heterocycles. The molecule has 3 aliphatic rings. The van der Waals surface area contributed by atoms with Crippen LogP contribution in [0.5, 0.6) is 17.2 Å². The second-order valence-electron chi connectivity index (χ2n) is 12.3. The van der Waals surface area contributed by atoms with Crippen molar-refractivity contribution in [2.75, 3.05) is 19.8 Å². The highest BCUT2D eigenvalue weighted by molar-refractivity contribution is 5.83. The zero-order valence-corrected chi connectivity index (χ0v) is 26.4. The SMILES string of the molecule is O=c1c(O[C@@H]2O[C@H](CO[C@@H]3OC[C@@H](O[C@@H]4O[C@H](CO)[C@@H](O)[C@H](O)[C@H]4O)[C@H](O)[C@H]3O)[C@@H](O)[C@H](O)[C@H]2O)c(-c2ccc(O)cc2)oc2cc(O)ccc12. The summed E-state index contributed by atoms with van der Waals surface area (Å²) in [5.74, 6) is -0.955. The molecule has 0 bridgehead atoms. The summed E-state index contributed by atoms with van der Waals surface area (Å²) in [5, 5.41) is 113. The Morgan fingerprint density at radius 1 is 0.686 bits per heavy atom. The van der Waals surface area contributed by atoms with Gasteiger partial charge in [-0.05, 0) is 36.4 Å². The molecule has 3 fully saturated rings. The van der Waals surface area contributed by atoms with Crippen LogP contribution >= 0.6 is 0 Å². The van der Waals surface area contributed by atoms with Crippen LogP contribution in [0.4, 0.5) is 0 Å². The number of phenolic OH excluding ortho intramolecular Hbond substituents is 2. The minimum Gasteiger partial charge on any atom is -0.508 e. The first-order valence-corrected chi connectivity index (χ1v) is 15.8. The van der Waals surface area contributed by atoms with Gasteiger partial charge < -0.3 is 89.0 Å². The van der Waals surface area contributed by atoms with E-state index in [1.807, 2.05) is 0 Å². The minimum atomic E-state index is -1.92. The smallest absolute Gasteiger partial charge is 0.235 e. The highest BCUT2D eigenvalue weighted by atomic mass is 16.7. The van der Waals surface area contributed by atoms with Gasteiger partial charge in [0, 0.05) is 11.6 Å². The standard InChI is InChI=1S/C32H38O19/c33-8-16-20(37)23(40)26(43)31(48-16)49-18-10-46-30(25(42)22(18)39)45-9-17-21(38)24(41)27(44)32(50-17)51-29-19(36)14-6-5-13(35)7-15(14)47-28(29)11-1-3-12(34)4-2-11/h1-7,16-18,20-27,30-35,37-44H,8-10H2/t16-,17-,18-,20-,21-,22+,23+,24+,25-,26-,27-,30-,31+,32+/m1/s1. The number of hydrogen-bond acceptors (Lipinski definition) is 19. The van der Waals surface area contributed by atoms with Crippen LogP contribution in [0.2, 0.25) is 0 Å². The molecule has 3 aromatic rings. The number of aliphatic hydroxyl groups is 9. The van der Waals surface area contributed by atoms with E-state index in [1.165, 1.54) is 42.5 Å². The first kappa shape index (κ1) is 37.3. The number of fused-ring (bicyclic) bond motifs is 1. The Hall–Kier alpha value is -3.51. The fourth-order valence-corrected chi connectivity index (χ4v) is 5.92. The number of hydrogen-bond donors (Lipinski definition) is 11. The first-order valence-electron chi connectivity index (χ1n) is 15.8. The van der Waals surface area contributed by atoms with Gasteiger partial charge >= 0.3 is 0 Å². The van der Waals surface area contributed by atoms with Gasteiger partial charge in [0.05, 0.1) is 25.2 Å². The maximum atomic E-state index is 13.6. The van der Waals surface area contributed by atoms with Crippen molar-refractivity contribution in [3.63, 3.8) is 0 Å². The molecule has 19 nitrogen and oxygen atoms in total. The topological polar surface area (TPSA) is 308 Å². The second kappa shape index (κ2) is 15.2. The molecule has 0 amide bonds. The molecule has 0 saturated carbocycles. The summed E-state index contributed by atoms with van der Waals surface area (Å²) >= 11 is 0. The molecular formula is C32H38O19. The van der Waals surface area contributed by atoms with E-state index >= 15 is 0 Å². The van der Waals surface area contributed by atoms with E-state index in [9.17, 15) is 61.0 Å². The van der Waals surface area contributed by atoms with E-state index in [0.29, 0.717) is 0 Å². The number of aromatic hydroxyl groups is 2. The summed E-state index contributed by atoms with van der Waals surface area (Å²) < 4.78 is 39.2. The van der Waals surface area contributed by atoms with Gasteiger partial charge in [0.1, 0.15) is 84.2 Å². The summed E-state index contributed by atoms with van der Waals surface area (Å²) in [7, 11) is 0. The van der Waals surface area contributed by atoms with Crippen molar-refractivity contribution < 1.29 is 89.0 Å². The predicted molar refractivity (Wildman–Crippen MR) is 165 cm³/mol. The van der Waals surface area contributed by atoms with Crippen molar-refractivity contribution in [1.82, 2.24) is 0 Å². The highest BCUT2D eigenvalue weighted by Gasteiger charge is 2.49. The average molecular weight is 727 g/mol. The van der Waals surface area contributed by atoms with Gasteiger partial charge in [-0.15, -0.1) is 0 Å². The predicted octanol–water partition coefficient (Wildman–Crippen LogP) is -3.66. The quantitative estimate of drug-likeness (QED) is 0.101. The molecular weight excluding hydrogens is 688 g/mol. The lowest BCUT2D eigenvalue weighted by Gasteiger charge is -2.44. The van der Waals surface area contributed by atoms with E-state index in [0.717, 1.165) is 0 Å². The molecule has 14 atom stereocenters. The molecule has 1 aromatic heterocycles. The zero-order chi connectivity index (χ0) is 36.7. The van der Waals surface area contributed by atoms with Crippen LogP contribution in [0.25, 0.3) is 22.3 Å². The molecule has 19 heteroatoms. The van der Waals surface area contributed by atoms with Crippen LogP contribution in [-0.4, -0.2) is 162 Å². The van der Waals surface area contributed by atoms with Crippen LogP contribution in [0, 0.1) is 0 Å². The Morgan fingerprint density at radius 3 is 1.98 bits per heavy atom. The van der Waals surface area contributed by atoms with Gasteiger partial charge in [-0.2, -0.15) is 0 Å². The van der Waals surface area contributed by atoms with Crippen molar-refractivity contribution in [3.05, 3.63) is 52.7 Å². The number of benzene rings is 2. The van der Waals surface area contributed by atoms with Gasteiger partial charge in [0.15, 0.2) is 18.3 Å². The van der Waals surface area contributed by atoms with E-state index < -0.39 is 117 Å². The van der Waals surface area contributed by atoms with Gasteiger partial charge in [-0.3, -0.25) is 4.79 Å². The normalized spacial score (nSPS) is 37.4. The number of phenols is 2. The maximum Gasteiger partial charge on any atom is 0.235 e. The molecule has 51 heavy (non-hydrogen) atoms. The van der Waals surface area contributed by atoms with Crippen LogP contribution < -0.4 is 10.2 Å². The molecule has 4 heterocycles. The van der Waals surface area contributed by atoms with Crippen molar-refractivity contribution >= 4 is 11.0 Å². The average Bonchev–Trinajstić information content (AvgIpc) is 3.11. The molecule has 6 rings (SSSR count). The Balaban J connectivity index is 1.15. The van der Waals surface area contributed by atoms with Gasteiger partial charge in [-0.25, -0.2) is 0 Å². The van der Waals surface area contributed by atoms with E-state index in [4.69, 9.17) is 32.8 Å². The lowest BCUT2D eigenvalue weighted by molar-refractivity contribution is -0.347. The fraction of sp³-hybridized carbons (Fsp3) is 0.531. The van der Waals surface area contributed by atoms with Gasteiger partial charge in [0.2, 0.25) is 17.5 Å². The third kappa shape index (κ3) is 7.40. The molecule has 11 N–H and O–H groups in total. The third-order valence-electron chi connectivity index (χ3n) is 8.88. The molecule has 0 aliphatic carbocycles. The second-order valence-corrected chi connectivity index (χ2v) is 12.3. The third-order valence-corrected chi connectivity index (χ3v) is 8.88. The number of ether oxygens (including phenoxy) is 6. The Bertz CT molecular complexity index is 1700. The Kier molecular flexibility index (Phi) is 11.1. The first-order chi connectivity index (χ1) is 24.3. The number of rotatable bonds is 9. The summed E-state index contributed by atoms with van der Waals surface area (Å²) in [6, 6.07) is 9.16. The summed E-state index contributed by atoms with van der Waals surface area (Å²) in [5.41, 5.74) is -0.528. The van der Waals surface area contributed by atoms with Crippen LogP contribution in [0.1, 0.15) is 0 Å². The van der Waals surface area contributed by atoms with E-state index in [-0.39, 0.29) is 33.8 Å². The molecule has 0 spiro atoms. The number of aliphatic hydroxyl groups excluding tert-OH is 9. The molecule has 2 aromatic carbocycles. The maximum absolute atomic E-state index is 13.6. The summed E-state index contributed by atoms with van der Waals surface area (Å²) in [4.78, 5) is 13.6. The highest BCUT2D eigenvalue weighted by Crippen LogP contribution is 2.35. The largest absolute Gasteiger partial charge is 0.508 e. The molecule has 3 aliphatic heterocycles. The fourth-order valence-electron chi connectivity index (χ4n) is 5.92. The lowest BCUT2D eigenvalue weighted by atomic mass is 9.98. The Labute approximate surface area is 287 Å². The summed E-state index contributed by atoms with van der Waals surface area (Å²) in [6.07, 6.45) is -23.5. The molecule has 0 unspecified atom stereocenters. The van der Waals surface area contributed by atoms with Crippen molar-refractivity contribution in [2.45, 2.75) is 86.0 Å². The summed E-state index contributed by atoms with van der Waals surface area (Å²) in [6.45, 7) is -1.82.